The molecule has 0 aliphatic carbocycles. The van der Waals surface area contributed by atoms with Crippen molar-refractivity contribution >= 4 is 16.0 Å². The fourth-order valence-corrected chi connectivity index (χ4v) is 4.13. The molecule has 1 aromatic rings. The number of sulfonamides is 1. The SMILES string of the molecule is CN=C(NCCN1CCCS1(=O)=O)NC(C)c1ccc(C)c(F)c1. The van der Waals surface area contributed by atoms with Gasteiger partial charge in [0.1, 0.15) is 5.82 Å². The van der Waals surface area contributed by atoms with E-state index in [1.807, 2.05) is 13.0 Å². The van der Waals surface area contributed by atoms with E-state index in [9.17, 15) is 12.8 Å². The van der Waals surface area contributed by atoms with Gasteiger partial charge in [-0.2, -0.15) is 0 Å². The van der Waals surface area contributed by atoms with Gasteiger partial charge in [0.2, 0.25) is 10.0 Å². The van der Waals surface area contributed by atoms with Crippen molar-refractivity contribution in [2.45, 2.75) is 26.3 Å². The molecule has 1 fully saturated rings. The summed E-state index contributed by atoms with van der Waals surface area (Å²) in [6.45, 7) is 5.10. The van der Waals surface area contributed by atoms with Crippen LogP contribution in [0.25, 0.3) is 0 Å². The average Bonchev–Trinajstić information content (AvgIpc) is 2.87. The number of benzene rings is 1. The summed E-state index contributed by atoms with van der Waals surface area (Å²) < 4.78 is 38.7. The molecule has 0 radical (unpaired) electrons. The third-order valence-corrected chi connectivity index (χ3v) is 6.09. The monoisotopic (exact) mass is 356 g/mol. The summed E-state index contributed by atoms with van der Waals surface area (Å²) in [7, 11) is -1.43. The number of nitrogens with one attached hydrogen (secondary N) is 2. The van der Waals surface area contributed by atoms with Crippen LogP contribution in [0.15, 0.2) is 23.2 Å². The van der Waals surface area contributed by atoms with E-state index in [-0.39, 0.29) is 17.6 Å². The maximum absolute atomic E-state index is 13.7. The van der Waals surface area contributed by atoms with Gasteiger partial charge in [0.05, 0.1) is 11.8 Å². The lowest BCUT2D eigenvalue weighted by Gasteiger charge is -2.20. The first-order chi connectivity index (χ1) is 11.3. The Morgan fingerprint density at radius 2 is 2.21 bits per heavy atom. The second-order valence-corrected chi connectivity index (χ2v) is 8.03. The van der Waals surface area contributed by atoms with E-state index in [2.05, 4.69) is 15.6 Å². The zero-order valence-electron chi connectivity index (χ0n) is 14.3. The molecular formula is C16H25FN4O2S. The van der Waals surface area contributed by atoms with Crippen molar-refractivity contribution in [3.63, 3.8) is 0 Å². The first-order valence-electron chi connectivity index (χ1n) is 8.04. The van der Waals surface area contributed by atoms with E-state index in [0.717, 1.165) is 5.56 Å². The van der Waals surface area contributed by atoms with Crippen LogP contribution in [-0.2, 0) is 10.0 Å². The van der Waals surface area contributed by atoms with Crippen LogP contribution >= 0.6 is 0 Å². The molecule has 1 aliphatic rings. The largest absolute Gasteiger partial charge is 0.355 e. The van der Waals surface area contributed by atoms with Gasteiger partial charge in [0.15, 0.2) is 5.96 Å². The maximum Gasteiger partial charge on any atom is 0.214 e. The van der Waals surface area contributed by atoms with Crippen LogP contribution in [0.3, 0.4) is 0 Å². The molecule has 134 valence electrons. The van der Waals surface area contributed by atoms with Gasteiger partial charge >= 0.3 is 0 Å². The second-order valence-electron chi connectivity index (χ2n) is 5.94. The van der Waals surface area contributed by atoms with Gasteiger partial charge in [0, 0.05) is 26.7 Å². The normalized spacial score (nSPS) is 19.2. The van der Waals surface area contributed by atoms with E-state index < -0.39 is 10.0 Å². The molecule has 1 aliphatic heterocycles. The molecule has 0 bridgehead atoms. The molecule has 1 atom stereocenters. The predicted molar refractivity (Wildman–Crippen MR) is 94.0 cm³/mol. The van der Waals surface area contributed by atoms with Gasteiger partial charge in [-0.25, -0.2) is 17.1 Å². The second kappa shape index (κ2) is 7.94. The van der Waals surface area contributed by atoms with Crippen LogP contribution in [0.5, 0.6) is 0 Å². The van der Waals surface area contributed by atoms with Gasteiger partial charge in [-0.05, 0) is 37.5 Å². The van der Waals surface area contributed by atoms with Gasteiger partial charge in [-0.1, -0.05) is 12.1 Å². The van der Waals surface area contributed by atoms with E-state index in [1.165, 1.54) is 10.4 Å². The molecule has 1 aromatic carbocycles. The fraction of sp³-hybridized carbons (Fsp3) is 0.562. The molecule has 1 saturated heterocycles. The third-order valence-electron chi connectivity index (χ3n) is 4.13. The summed E-state index contributed by atoms with van der Waals surface area (Å²) >= 11 is 0. The lowest BCUT2D eigenvalue weighted by atomic mass is 10.1. The minimum Gasteiger partial charge on any atom is -0.355 e. The summed E-state index contributed by atoms with van der Waals surface area (Å²) in [6.07, 6.45) is 0.686. The minimum atomic E-state index is -3.08. The van der Waals surface area contributed by atoms with Crippen molar-refractivity contribution in [2.75, 3.05) is 32.4 Å². The number of guanidine groups is 1. The molecule has 2 N–H and O–H groups in total. The number of aliphatic imine (C=N–C) groups is 1. The molecule has 0 amide bonds. The highest BCUT2D eigenvalue weighted by atomic mass is 32.2. The van der Waals surface area contributed by atoms with Crippen LogP contribution in [0.2, 0.25) is 0 Å². The number of aryl methyl sites for hydroxylation is 1. The van der Waals surface area contributed by atoms with E-state index >= 15 is 0 Å². The van der Waals surface area contributed by atoms with Crippen molar-refractivity contribution < 1.29 is 12.8 Å². The van der Waals surface area contributed by atoms with Gasteiger partial charge in [0.25, 0.3) is 0 Å². The zero-order chi connectivity index (χ0) is 17.7. The Kier molecular flexibility index (Phi) is 6.17. The molecule has 0 aromatic heterocycles. The van der Waals surface area contributed by atoms with E-state index in [4.69, 9.17) is 0 Å². The molecular weight excluding hydrogens is 331 g/mol. The number of halogens is 1. The van der Waals surface area contributed by atoms with Crippen LogP contribution in [0.4, 0.5) is 4.39 Å². The Labute approximate surface area is 143 Å². The lowest BCUT2D eigenvalue weighted by Crippen LogP contribution is -2.42. The van der Waals surface area contributed by atoms with Crippen molar-refractivity contribution in [2.24, 2.45) is 4.99 Å². The maximum atomic E-state index is 13.7. The Morgan fingerprint density at radius 1 is 1.46 bits per heavy atom. The Hall–Kier alpha value is -1.67. The van der Waals surface area contributed by atoms with Gasteiger partial charge in [-0.15, -0.1) is 0 Å². The standard InChI is InChI=1S/C16H25FN4O2S/c1-12-5-6-14(11-15(12)17)13(2)20-16(18-3)19-7-9-21-8-4-10-24(21,22)23/h5-6,11,13H,4,7-10H2,1-3H3,(H2,18,19,20). The Morgan fingerprint density at radius 3 is 2.79 bits per heavy atom. The van der Waals surface area contributed by atoms with Crippen LogP contribution in [0.1, 0.15) is 30.5 Å². The minimum absolute atomic E-state index is 0.123. The summed E-state index contributed by atoms with van der Waals surface area (Å²) in [5, 5.41) is 6.28. The Bertz CT molecular complexity index is 706. The number of hydrogen-bond donors (Lipinski definition) is 2. The summed E-state index contributed by atoms with van der Waals surface area (Å²) in [4.78, 5) is 4.13. The van der Waals surface area contributed by atoms with Crippen molar-refractivity contribution in [3.8, 4) is 0 Å². The quantitative estimate of drug-likeness (QED) is 0.618. The molecule has 1 heterocycles. The van der Waals surface area contributed by atoms with Crippen molar-refractivity contribution in [3.05, 3.63) is 35.1 Å². The average molecular weight is 356 g/mol. The number of rotatable bonds is 5. The highest BCUT2D eigenvalue weighted by molar-refractivity contribution is 7.89. The molecule has 0 spiro atoms. The molecule has 0 saturated carbocycles. The van der Waals surface area contributed by atoms with Crippen LogP contribution in [-0.4, -0.2) is 51.1 Å². The highest BCUT2D eigenvalue weighted by Crippen LogP contribution is 2.16. The molecule has 6 nitrogen and oxygen atoms in total. The zero-order valence-corrected chi connectivity index (χ0v) is 15.2. The smallest absolute Gasteiger partial charge is 0.214 e. The number of nitrogens with zero attached hydrogens (tertiary/aromatic N) is 2. The summed E-state index contributed by atoms with van der Waals surface area (Å²) in [5.41, 5.74) is 1.43. The van der Waals surface area contributed by atoms with Gasteiger partial charge in [-0.3, -0.25) is 4.99 Å². The summed E-state index contributed by atoms with van der Waals surface area (Å²) in [6, 6.07) is 5.01. The highest BCUT2D eigenvalue weighted by Gasteiger charge is 2.27. The first kappa shape index (κ1) is 18.7. The topological polar surface area (TPSA) is 73.8 Å². The van der Waals surface area contributed by atoms with E-state index in [1.54, 1.807) is 20.0 Å². The Balaban J connectivity index is 1.86. The third kappa shape index (κ3) is 4.67. The lowest BCUT2D eigenvalue weighted by molar-refractivity contribution is 0.444. The van der Waals surface area contributed by atoms with E-state index in [0.29, 0.717) is 37.6 Å². The van der Waals surface area contributed by atoms with Gasteiger partial charge < -0.3 is 10.6 Å². The predicted octanol–water partition coefficient (Wildman–Crippen LogP) is 1.40. The van der Waals surface area contributed by atoms with Crippen molar-refractivity contribution in [1.82, 2.24) is 14.9 Å². The van der Waals surface area contributed by atoms with Crippen molar-refractivity contribution in [1.29, 1.82) is 0 Å². The van der Waals surface area contributed by atoms with Crippen LogP contribution < -0.4 is 10.6 Å². The molecule has 1 unspecified atom stereocenters. The molecule has 8 heteroatoms. The first-order valence-corrected chi connectivity index (χ1v) is 9.65. The molecule has 2 rings (SSSR count). The van der Waals surface area contributed by atoms with Crippen LogP contribution in [0, 0.1) is 12.7 Å². The summed E-state index contributed by atoms with van der Waals surface area (Å²) in [5.74, 6) is 0.555. The number of hydrogen-bond acceptors (Lipinski definition) is 3. The fourth-order valence-electron chi connectivity index (χ4n) is 2.60. The molecule has 24 heavy (non-hydrogen) atoms.